The molecule has 4 aliphatic rings. The van der Waals surface area contributed by atoms with Crippen molar-refractivity contribution in [2.24, 2.45) is 0 Å². The first-order valence-electron chi connectivity index (χ1n) is 24.3. The molecule has 13 rings (SSSR count). The summed E-state index contributed by atoms with van der Waals surface area (Å²) in [5.41, 5.74) is 24.0. The van der Waals surface area contributed by atoms with Gasteiger partial charge in [0.05, 0.1) is 11.4 Å². The molecule has 9 aromatic carbocycles. The van der Waals surface area contributed by atoms with Crippen molar-refractivity contribution in [2.75, 3.05) is 14.7 Å². The van der Waals surface area contributed by atoms with Gasteiger partial charge in [0.25, 0.3) is 6.71 Å². The highest BCUT2D eigenvalue weighted by Gasteiger charge is 2.44. The second-order valence-corrected chi connectivity index (χ2v) is 19.5. The highest BCUT2D eigenvalue weighted by atomic mass is 15.2. The van der Waals surface area contributed by atoms with E-state index in [1.54, 1.807) is 0 Å². The number of rotatable bonds is 6. The van der Waals surface area contributed by atoms with Crippen molar-refractivity contribution in [1.82, 2.24) is 0 Å². The molecule has 0 aromatic heterocycles. The molecule has 3 nitrogen and oxygen atoms in total. The summed E-state index contributed by atoms with van der Waals surface area (Å²) in [5, 5.41) is 0. The van der Waals surface area contributed by atoms with Crippen LogP contribution >= 0.6 is 0 Å². The lowest BCUT2D eigenvalue weighted by Gasteiger charge is -2.45. The van der Waals surface area contributed by atoms with Crippen LogP contribution in [0, 0.1) is 0 Å². The molecule has 3 aliphatic heterocycles. The predicted molar refractivity (Wildman–Crippen MR) is 284 cm³/mol. The van der Waals surface area contributed by atoms with Crippen LogP contribution in [0.4, 0.5) is 51.2 Å². The standard InChI is InChI=1S/C63H52BN3/c1-63(2)52-27-15-17-29-56(52)65(57-30-18-16-28-53(57)63)50-33-35-51(36-34-50)67-59-40-47(44-21-9-4-10-22-44)32-38-55(59)64-54-37-31-46(43-19-7-3-8-20-43)39-58(54)66(49-25-13-6-14-26-49)60-41-48(42-61(67)62(60)64)45-23-11-5-12-24-45/h3-4,6-10,13-22,25-42,45H,5,11-12,23-24H2,1-2H3. The largest absolute Gasteiger partial charge is 0.311 e. The Morgan fingerprint density at radius 2 is 0.791 bits per heavy atom. The maximum Gasteiger partial charge on any atom is 0.252 e. The Morgan fingerprint density at radius 1 is 0.373 bits per heavy atom. The molecule has 0 saturated heterocycles. The van der Waals surface area contributed by atoms with Crippen LogP contribution in [0.25, 0.3) is 22.3 Å². The minimum Gasteiger partial charge on any atom is -0.311 e. The normalized spacial score (nSPS) is 15.6. The molecule has 322 valence electrons. The molecule has 9 aromatic rings. The maximum atomic E-state index is 2.61. The Bertz CT molecular complexity index is 3270. The van der Waals surface area contributed by atoms with Gasteiger partial charge in [0.1, 0.15) is 0 Å². The number of fused-ring (bicyclic) bond motifs is 6. The van der Waals surface area contributed by atoms with Crippen molar-refractivity contribution < 1.29 is 0 Å². The lowest BCUT2D eigenvalue weighted by molar-refractivity contribution is 0.444. The summed E-state index contributed by atoms with van der Waals surface area (Å²) in [6.07, 6.45) is 6.32. The van der Waals surface area contributed by atoms with Gasteiger partial charge in [0.15, 0.2) is 0 Å². The smallest absolute Gasteiger partial charge is 0.252 e. The van der Waals surface area contributed by atoms with Crippen molar-refractivity contribution in [3.63, 3.8) is 0 Å². The minimum atomic E-state index is -0.119. The molecule has 4 heteroatoms. The zero-order chi connectivity index (χ0) is 44.6. The van der Waals surface area contributed by atoms with E-state index >= 15 is 0 Å². The average Bonchev–Trinajstić information content (AvgIpc) is 3.39. The van der Waals surface area contributed by atoms with Crippen molar-refractivity contribution in [1.29, 1.82) is 0 Å². The quantitative estimate of drug-likeness (QED) is 0.154. The predicted octanol–water partition coefficient (Wildman–Crippen LogP) is 15.3. The van der Waals surface area contributed by atoms with Crippen molar-refractivity contribution in [3.05, 3.63) is 229 Å². The Labute approximate surface area is 395 Å². The fraction of sp³-hybridized carbons (Fsp3) is 0.143. The van der Waals surface area contributed by atoms with Gasteiger partial charge in [-0.1, -0.05) is 173 Å². The Morgan fingerprint density at radius 3 is 1.28 bits per heavy atom. The Balaban J connectivity index is 1.06. The molecule has 1 aliphatic carbocycles. The summed E-state index contributed by atoms with van der Waals surface area (Å²) in [5.74, 6) is 0.508. The van der Waals surface area contributed by atoms with Crippen LogP contribution in [0.5, 0.6) is 0 Å². The van der Waals surface area contributed by atoms with Gasteiger partial charge in [0.2, 0.25) is 0 Å². The SMILES string of the molecule is CC1(C)c2ccccc2N(c2ccc(N3c4cc(-c5ccccc5)ccc4B4c5ccc(-c6ccccc6)cc5N(c5ccccc5)c5cc(C6CCCCC6)cc3c54)cc2)c2ccccc21. The molecule has 0 N–H and O–H groups in total. The second-order valence-electron chi connectivity index (χ2n) is 19.5. The van der Waals surface area contributed by atoms with Crippen LogP contribution in [-0.2, 0) is 5.41 Å². The number of benzene rings is 9. The first kappa shape index (κ1) is 39.8. The molecule has 0 atom stereocenters. The summed E-state index contributed by atoms with van der Waals surface area (Å²) in [6.45, 7) is 4.75. The molecule has 67 heavy (non-hydrogen) atoms. The van der Waals surface area contributed by atoms with Gasteiger partial charge in [-0.25, -0.2) is 0 Å². The van der Waals surface area contributed by atoms with Crippen LogP contribution < -0.4 is 31.1 Å². The van der Waals surface area contributed by atoms with E-state index in [1.165, 1.54) is 127 Å². The van der Waals surface area contributed by atoms with E-state index < -0.39 is 0 Å². The van der Waals surface area contributed by atoms with Crippen molar-refractivity contribution >= 4 is 74.3 Å². The first-order valence-corrected chi connectivity index (χ1v) is 24.3. The Kier molecular flexibility index (Phi) is 9.39. The molecule has 1 fully saturated rings. The third-order valence-corrected chi connectivity index (χ3v) is 15.4. The summed E-state index contributed by atoms with van der Waals surface area (Å²) in [6, 6.07) is 79.9. The Hall–Kier alpha value is -7.56. The van der Waals surface area contributed by atoms with Gasteiger partial charge in [-0.05, 0) is 147 Å². The number of anilines is 9. The summed E-state index contributed by atoms with van der Waals surface area (Å²) < 4.78 is 0. The maximum absolute atomic E-state index is 2.61. The summed E-state index contributed by atoms with van der Waals surface area (Å²) in [7, 11) is 0. The van der Waals surface area contributed by atoms with E-state index in [1.807, 2.05) is 0 Å². The summed E-state index contributed by atoms with van der Waals surface area (Å²) >= 11 is 0. The molecule has 0 bridgehead atoms. The molecule has 1 saturated carbocycles. The molecule has 0 amide bonds. The van der Waals surface area contributed by atoms with E-state index in [2.05, 4.69) is 241 Å². The zero-order valence-corrected chi connectivity index (χ0v) is 38.2. The van der Waals surface area contributed by atoms with E-state index in [-0.39, 0.29) is 12.1 Å². The monoisotopic (exact) mass is 861 g/mol. The van der Waals surface area contributed by atoms with Crippen molar-refractivity contribution in [3.8, 4) is 22.3 Å². The fourth-order valence-corrected chi connectivity index (χ4v) is 12.1. The minimum absolute atomic E-state index is 0.0326. The van der Waals surface area contributed by atoms with Gasteiger partial charge in [-0.15, -0.1) is 0 Å². The second kappa shape index (κ2) is 15.8. The van der Waals surface area contributed by atoms with Crippen LogP contribution in [0.2, 0.25) is 0 Å². The van der Waals surface area contributed by atoms with E-state index in [0.717, 1.165) is 11.4 Å². The van der Waals surface area contributed by atoms with E-state index in [9.17, 15) is 0 Å². The van der Waals surface area contributed by atoms with E-state index in [4.69, 9.17) is 0 Å². The average molecular weight is 862 g/mol. The van der Waals surface area contributed by atoms with Gasteiger partial charge in [-0.2, -0.15) is 0 Å². The fourth-order valence-electron chi connectivity index (χ4n) is 12.1. The van der Waals surface area contributed by atoms with Crippen LogP contribution in [0.1, 0.15) is 68.6 Å². The molecule has 0 radical (unpaired) electrons. The lowest BCUT2D eigenvalue weighted by Crippen LogP contribution is -2.61. The highest BCUT2D eigenvalue weighted by molar-refractivity contribution is 7.00. The lowest BCUT2D eigenvalue weighted by atomic mass is 9.33. The van der Waals surface area contributed by atoms with E-state index in [0.29, 0.717) is 5.92 Å². The summed E-state index contributed by atoms with van der Waals surface area (Å²) in [4.78, 5) is 7.67. The molecule has 0 unspecified atom stereocenters. The van der Waals surface area contributed by atoms with Gasteiger partial charge in [0, 0.05) is 45.2 Å². The number of hydrogen-bond acceptors (Lipinski definition) is 3. The number of hydrogen-bond donors (Lipinski definition) is 0. The number of nitrogens with zero attached hydrogens (tertiary/aromatic N) is 3. The van der Waals surface area contributed by atoms with Crippen LogP contribution in [0.15, 0.2) is 212 Å². The van der Waals surface area contributed by atoms with Crippen LogP contribution in [0.3, 0.4) is 0 Å². The van der Waals surface area contributed by atoms with Crippen molar-refractivity contribution in [2.45, 2.75) is 57.3 Å². The topological polar surface area (TPSA) is 9.72 Å². The van der Waals surface area contributed by atoms with Gasteiger partial charge < -0.3 is 14.7 Å². The van der Waals surface area contributed by atoms with Crippen LogP contribution in [-0.4, -0.2) is 6.71 Å². The molecular weight excluding hydrogens is 810 g/mol. The van der Waals surface area contributed by atoms with Gasteiger partial charge >= 0.3 is 0 Å². The third kappa shape index (κ3) is 6.41. The van der Waals surface area contributed by atoms with Gasteiger partial charge in [-0.3, -0.25) is 0 Å². The molecule has 3 heterocycles. The molecule has 0 spiro atoms. The highest BCUT2D eigenvalue weighted by Crippen LogP contribution is 2.53. The zero-order valence-electron chi connectivity index (χ0n) is 38.2. The first-order chi connectivity index (χ1) is 33.0. The third-order valence-electron chi connectivity index (χ3n) is 15.4. The molecular formula is C63H52BN3. The number of para-hydroxylation sites is 3.